The molecule has 3 nitrogen and oxygen atoms in total. The topological polar surface area (TPSA) is 20.5 Å². The van der Waals surface area contributed by atoms with Crippen LogP contribution in [0.3, 0.4) is 0 Å². The van der Waals surface area contributed by atoms with Gasteiger partial charge in [0, 0.05) is 17.1 Å². The van der Waals surface area contributed by atoms with Gasteiger partial charge in [-0.1, -0.05) is 6.07 Å². The maximum Gasteiger partial charge on any atom is 0.407 e. The van der Waals surface area contributed by atoms with Crippen molar-refractivity contribution in [3.63, 3.8) is 0 Å². The van der Waals surface area contributed by atoms with Gasteiger partial charge in [-0.15, -0.1) is 11.3 Å². The van der Waals surface area contributed by atoms with Gasteiger partial charge in [0.15, 0.2) is 5.69 Å². The van der Waals surface area contributed by atoms with E-state index in [4.69, 9.17) is 6.57 Å². The van der Waals surface area contributed by atoms with Gasteiger partial charge >= 0.3 is 6.18 Å². The third-order valence-corrected chi connectivity index (χ3v) is 4.46. The van der Waals surface area contributed by atoms with Crippen LogP contribution < -0.4 is 4.90 Å². The molecule has 0 radical (unpaired) electrons. The zero-order valence-corrected chi connectivity index (χ0v) is 12.5. The number of nitrogens with zero attached hydrogens (tertiary/aromatic N) is 3. The molecule has 1 atom stereocenters. The molecule has 0 spiro atoms. The van der Waals surface area contributed by atoms with Crippen LogP contribution in [0.15, 0.2) is 23.0 Å². The van der Waals surface area contributed by atoms with E-state index < -0.39 is 11.7 Å². The van der Waals surface area contributed by atoms with Gasteiger partial charge in [0.2, 0.25) is 0 Å². The lowest BCUT2D eigenvalue weighted by atomic mass is 10.0. The van der Waals surface area contributed by atoms with Gasteiger partial charge in [0.1, 0.15) is 0 Å². The number of anilines is 1. The van der Waals surface area contributed by atoms with Crippen LogP contribution in [0.4, 0.5) is 24.5 Å². The normalized spacial score (nSPS) is 17.4. The molecule has 1 aromatic heterocycles. The van der Waals surface area contributed by atoms with Gasteiger partial charge in [-0.3, -0.25) is 0 Å². The summed E-state index contributed by atoms with van der Waals surface area (Å²) >= 11 is 1.46. The Bertz CT molecular complexity index is 732. The lowest BCUT2D eigenvalue weighted by Gasteiger charge is -2.24. The lowest BCUT2D eigenvalue weighted by molar-refractivity contribution is -0.137. The molecule has 1 aliphatic heterocycles. The van der Waals surface area contributed by atoms with Crippen LogP contribution in [0.2, 0.25) is 0 Å². The first kappa shape index (κ1) is 14.9. The summed E-state index contributed by atoms with van der Waals surface area (Å²) in [4.78, 5) is 9.16. The SMILES string of the molecule is [C-]#[N+]c1ccc2c(c1C(F)(F)F)CC(C)N2Cc1cscn1. The van der Waals surface area contributed by atoms with Gasteiger partial charge in [-0.2, -0.15) is 13.2 Å². The molecule has 1 aromatic carbocycles. The second kappa shape index (κ2) is 5.29. The van der Waals surface area contributed by atoms with E-state index in [0.717, 1.165) is 5.69 Å². The van der Waals surface area contributed by atoms with Crippen LogP contribution in [0.25, 0.3) is 4.85 Å². The number of halogens is 3. The summed E-state index contributed by atoms with van der Waals surface area (Å²) in [6, 6.07) is 2.83. The van der Waals surface area contributed by atoms with Crippen molar-refractivity contribution in [2.75, 3.05) is 4.90 Å². The minimum atomic E-state index is -4.51. The second-order valence-electron chi connectivity index (χ2n) is 5.23. The average Bonchev–Trinajstić information content (AvgIpc) is 3.06. The van der Waals surface area contributed by atoms with Crippen LogP contribution in [0.1, 0.15) is 23.7 Å². The van der Waals surface area contributed by atoms with Crippen molar-refractivity contribution >= 4 is 22.7 Å². The largest absolute Gasteiger partial charge is 0.407 e. The standard InChI is InChI=1S/C15H12F3N3S/c1-9-5-11-13(21(9)6-10-7-22-8-20-10)4-3-12(19-2)14(11)15(16,17)18/h3-4,7-9H,5-6H2,1H3. The maximum atomic E-state index is 13.3. The van der Waals surface area contributed by atoms with Gasteiger partial charge < -0.3 is 4.90 Å². The fourth-order valence-electron chi connectivity index (χ4n) is 2.88. The van der Waals surface area contributed by atoms with E-state index in [9.17, 15) is 13.2 Å². The van der Waals surface area contributed by atoms with E-state index in [1.165, 1.54) is 17.4 Å². The summed E-state index contributed by atoms with van der Waals surface area (Å²) in [5, 5.41) is 1.89. The van der Waals surface area contributed by atoms with Crippen molar-refractivity contribution in [3.8, 4) is 0 Å². The molecule has 1 unspecified atom stereocenters. The predicted molar refractivity (Wildman–Crippen MR) is 79.2 cm³/mol. The van der Waals surface area contributed by atoms with E-state index in [1.54, 1.807) is 11.6 Å². The molecular weight excluding hydrogens is 311 g/mol. The number of rotatable bonds is 2. The molecule has 1 aliphatic rings. The van der Waals surface area contributed by atoms with E-state index in [2.05, 4.69) is 9.83 Å². The van der Waals surface area contributed by atoms with Crippen LogP contribution in [0, 0.1) is 6.57 Å². The van der Waals surface area contributed by atoms with Crippen LogP contribution in [-0.2, 0) is 19.1 Å². The van der Waals surface area contributed by atoms with Gasteiger partial charge in [0.05, 0.1) is 29.9 Å². The van der Waals surface area contributed by atoms with Crippen LogP contribution >= 0.6 is 11.3 Å². The number of aromatic nitrogens is 1. The van der Waals surface area contributed by atoms with Crippen molar-refractivity contribution < 1.29 is 13.2 Å². The quantitative estimate of drug-likeness (QED) is 0.749. The van der Waals surface area contributed by atoms with Crippen LogP contribution in [-0.4, -0.2) is 11.0 Å². The Balaban J connectivity index is 2.08. The van der Waals surface area contributed by atoms with E-state index in [0.29, 0.717) is 12.2 Å². The smallest absolute Gasteiger partial charge is 0.362 e. The molecule has 114 valence electrons. The molecule has 0 bridgehead atoms. The van der Waals surface area contributed by atoms with Crippen molar-refractivity contribution in [1.29, 1.82) is 0 Å². The highest BCUT2D eigenvalue weighted by Crippen LogP contribution is 2.46. The fraction of sp³-hybridized carbons (Fsp3) is 0.333. The first-order valence-corrected chi connectivity index (χ1v) is 7.60. The summed E-state index contributed by atoms with van der Waals surface area (Å²) in [6.45, 7) is 9.36. The molecule has 2 heterocycles. The minimum absolute atomic E-state index is 0.0567. The van der Waals surface area contributed by atoms with Crippen molar-refractivity contribution in [3.05, 3.63) is 51.3 Å². The Morgan fingerprint density at radius 1 is 1.45 bits per heavy atom. The van der Waals surface area contributed by atoms with Gasteiger partial charge in [-0.05, 0) is 25.0 Å². The molecule has 0 saturated heterocycles. The lowest BCUT2D eigenvalue weighted by Crippen LogP contribution is -2.28. The molecule has 22 heavy (non-hydrogen) atoms. The first-order chi connectivity index (χ1) is 10.4. The zero-order chi connectivity index (χ0) is 15.9. The summed E-state index contributed by atoms with van der Waals surface area (Å²) in [5.74, 6) is 0. The Morgan fingerprint density at radius 2 is 2.23 bits per heavy atom. The van der Waals surface area contributed by atoms with Crippen molar-refractivity contribution in [2.45, 2.75) is 32.1 Å². The van der Waals surface area contributed by atoms with E-state index in [1.807, 2.05) is 17.2 Å². The molecule has 0 N–H and O–H groups in total. The van der Waals surface area contributed by atoms with E-state index >= 15 is 0 Å². The molecule has 0 aliphatic carbocycles. The molecule has 3 rings (SSSR count). The Labute approximate surface area is 129 Å². The summed E-state index contributed by atoms with van der Waals surface area (Å²) in [5.41, 5.74) is 2.22. The fourth-order valence-corrected chi connectivity index (χ4v) is 3.43. The zero-order valence-electron chi connectivity index (χ0n) is 11.7. The van der Waals surface area contributed by atoms with Crippen molar-refractivity contribution in [2.24, 2.45) is 0 Å². The number of thiazole rings is 1. The number of fused-ring (bicyclic) bond motifs is 1. The predicted octanol–water partition coefficient (Wildman–Crippen LogP) is 4.66. The monoisotopic (exact) mass is 323 g/mol. The Kier molecular flexibility index (Phi) is 3.57. The molecule has 7 heteroatoms. The maximum absolute atomic E-state index is 13.3. The first-order valence-electron chi connectivity index (χ1n) is 6.66. The van der Waals surface area contributed by atoms with Gasteiger partial charge in [-0.25, -0.2) is 9.83 Å². The number of benzene rings is 1. The highest BCUT2D eigenvalue weighted by atomic mass is 32.1. The summed E-state index contributed by atoms with van der Waals surface area (Å²) in [7, 11) is 0. The highest BCUT2D eigenvalue weighted by Gasteiger charge is 2.41. The Hall–Kier alpha value is -2.07. The minimum Gasteiger partial charge on any atom is -0.362 e. The third-order valence-electron chi connectivity index (χ3n) is 3.83. The molecule has 2 aromatic rings. The van der Waals surface area contributed by atoms with E-state index in [-0.39, 0.29) is 23.7 Å². The summed E-state index contributed by atoms with van der Waals surface area (Å²) < 4.78 is 40.0. The van der Waals surface area contributed by atoms with Gasteiger partial charge in [0.25, 0.3) is 0 Å². The molecule has 0 amide bonds. The number of alkyl halides is 3. The highest BCUT2D eigenvalue weighted by molar-refractivity contribution is 7.07. The average molecular weight is 323 g/mol. The second-order valence-corrected chi connectivity index (χ2v) is 5.95. The number of hydrogen-bond donors (Lipinski definition) is 0. The third kappa shape index (κ3) is 2.44. The number of hydrogen-bond acceptors (Lipinski definition) is 3. The molecule has 0 saturated carbocycles. The molecular formula is C15H12F3N3S. The molecule has 0 fully saturated rings. The van der Waals surface area contributed by atoms with Crippen molar-refractivity contribution in [1.82, 2.24) is 4.98 Å². The van der Waals surface area contributed by atoms with Crippen LogP contribution in [0.5, 0.6) is 0 Å². The Morgan fingerprint density at radius 3 is 2.82 bits per heavy atom. The summed E-state index contributed by atoms with van der Waals surface area (Å²) in [6.07, 6.45) is -4.22.